The van der Waals surface area contributed by atoms with Gasteiger partial charge in [0.25, 0.3) is 0 Å². The average Bonchev–Trinajstić information content (AvgIpc) is 2.46. The van der Waals surface area contributed by atoms with Crippen LogP contribution in [0.4, 0.5) is 4.39 Å². The Hall–Kier alpha value is -0.640. The van der Waals surface area contributed by atoms with Gasteiger partial charge >= 0.3 is 0 Å². The molecule has 82 valence electrons. The highest BCUT2D eigenvalue weighted by Crippen LogP contribution is 2.17. The molecular weight excluding hydrogens is 185 g/mol. The van der Waals surface area contributed by atoms with Crippen LogP contribution < -0.4 is 0 Å². The van der Waals surface area contributed by atoms with Crippen LogP contribution in [-0.2, 0) is 4.79 Å². The Kier molecular flexibility index (Phi) is 3.86. The zero-order valence-electron chi connectivity index (χ0n) is 8.74. The lowest BCUT2D eigenvalue weighted by molar-refractivity contribution is -0.134. The predicted molar refractivity (Wildman–Crippen MR) is 51.6 cm³/mol. The lowest BCUT2D eigenvalue weighted by Gasteiger charge is -2.19. The van der Waals surface area contributed by atoms with E-state index in [0.29, 0.717) is 0 Å². The molecule has 1 aliphatic heterocycles. The van der Waals surface area contributed by atoms with Crippen molar-refractivity contribution in [2.75, 3.05) is 13.1 Å². The molecule has 1 aliphatic rings. The van der Waals surface area contributed by atoms with Crippen molar-refractivity contribution in [1.29, 1.82) is 0 Å². The van der Waals surface area contributed by atoms with Crippen LogP contribution in [0.5, 0.6) is 0 Å². The number of aliphatic hydroxyl groups is 1. The summed E-state index contributed by atoms with van der Waals surface area (Å²) in [6, 6.07) is 0. The van der Waals surface area contributed by atoms with E-state index in [1.165, 1.54) is 4.90 Å². The molecule has 0 saturated carbocycles. The van der Waals surface area contributed by atoms with Gasteiger partial charge in [-0.3, -0.25) is 4.79 Å². The first kappa shape index (κ1) is 11.4. The molecule has 3 nitrogen and oxygen atoms in total. The second kappa shape index (κ2) is 4.73. The first-order chi connectivity index (χ1) is 6.56. The third-order valence-corrected chi connectivity index (χ3v) is 2.67. The van der Waals surface area contributed by atoms with Crippen molar-refractivity contribution in [3.05, 3.63) is 0 Å². The standard InChI is InChI=1S/C10H18FNO2/c1-3-4-7(2)10(14)12-5-8(11)9(13)6-12/h7-9,13H,3-6H2,1-2H3/t7?,8-,9-/m0/s1. The first-order valence-corrected chi connectivity index (χ1v) is 5.17. The normalized spacial score (nSPS) is 29.3. The van der Waals surface area contributed by atoms with E-state index in [4.69, 9.17) is 5.11 Å². The van der Waals surface area contributed by atoms with Crippen molar-refractivity contribution in [3.8, 4) is 0 Å². The van der Waals surface area contributed by atoms with Crippen LogP contribution in [0, 0.1) is 5.92 Å². The molecule has 3 atom stereocenters. The number of likely N-dealkylation sites (tertiary alicyclic amines) is 1. The number of amides is 1. The molecule has 0 bridgehead atoms. The number of nitrogens with zero attached hydrogens (tertiary/aromatic N) is 1. The molecule has 0 aromatic carbocycles. The average molecular weight is 203 g/mol. The van der Waals surface area contributed by atoms with Gasteiger partial charge in [0, 0.05) is 12.5 Å². The van der Waals surface area contributed by atoms with Crippen molar-refractivity contribution >= 4 is 5.91 Å². The van der Waals surface area contributed by atoms with Gasteiger partial charge in [0.05, 0.1) is 6.54 Å². The van der Waals surface area contributed by atoms with E-state index < -0.39 is 12.3 Å². The number of hydrogen-bond acceptors (Lipinski definition) is 2. The fourth-order valence-electron chi connectivity index (χ4n) is 1.80. The molecule has 4 heteroatoms. The number of hydrogen-bond donors (Lipinski definition) is 1. The molecule has 0 radical (unpaired) electrons. The van der Waals surface area contributed by atoms with Gasteiger partial charge < -0.3 is 10.0 Å². The summed E-state index contributed by atoms with van der Waals surface area (Å²) >= 11 is 0. The number of alkyl halides is 1. The first-order valence-electron chi connectivity index (χ1n) is 5.17. The van der Waals surface area contributed by atoms with Gasteiger partial charge in [-0.15, -0.1) is 0 Å². The molecule has 1 N–H and O–H groups in total. The van der Waals surface area contributed by atoms with Crippen molar-refractivity contribution in [3.63, 3.8) is 0 Å². The van der Waals surface area contributed by atoms with Crippen molar-refractivity contribution < 1.29 is 14.3 Å². The second-order valence-corrected chi connectivity index (χ2v) is 4.02. The molecule has 0 aromatic rings. The molecule has 0 spiro atoms. The Bertz CT molecular complexity index is 200. The third kappa shape index (κ3) is 2.44. The number of aliphatic hydroxyl groups excluding tert-OH is 1. The van der Waals surface area contributed by atoms with E-state index in [-0.39, 0.29) is 24.9 Å². The number of β-amino-alcohol motifs (C(OH)–C–C–N with tert-alkyl or cyclic N) is 1. The zero-order chi connectivity index (χ0) is 10.7. The summed E-state index contributed by atoms with van der Waals surface area (Å²) in [5.41, 5.74) is 0. The Morgan fingerprint density at radius 1 is 1.64 bits per heavy atom. The fraction of sp³-hybridized carbons (Fsp3) is 0.900. The van der Waals surface area contributed by atoms with Crippen LogP contribution in [-0.4, -0.2) is 41.3 Å². The Balaban J connectivity index is 2.46. The minimum Gasteiger partial charge on any atom is -0.388 e. The van der Waals surface area contributed by atoms with E-state index in [2.05, 4.69) is 0 Å². The summed E-state index contributed by atoms with van der Waals surface area (Å²) < 4.78 is 12.9. The van der Waals surface area contributed by atoms with Crippen molar-refractivity contribution in [1.82, 2.24) is 4.90 Å². The van der Waals surface area contributed by atoms with E-state index in [1.807, 2.05) is 13.8 Å². The highest BCUT2D eigenvalue weighted by atomic mass is 19.1. The maximum Gasteiger partial charge on any atom is 0.225 e. The molecular formula is C10H18FNO2. The van der Waals surface area contributed by atoms with Crippen LogP contribution in [0.1, 0.15) is 26.7 Å². The van der Waals surface area contributed by atoms with Gasteiger partial charge in [0.2, 0.25) is 5.91 Å². The van der Waals surface area contributed by atoms with Gasteiger partial charge in [-0.2, -0.15) is 0 Å². The molecule has 1 saturated heterocycles. The van der Waals surface area contributed by atoms with Gasteiger partial charge in [-0.25, -0.2) is 4.39 Å². The highest BCUT2D eigenvalue weighted by Gasteiger charge is 2.35. The predicted octanol–water partition coefficient (Wildman–Crippen LogP) is 0.964. The topological polar surface area (TPSA) is 40.5 Å². The van der Waals surface area contributed by atoms with Crippen molar-refractivity contribution in [2.45, 2.75) is 39.0 Å². The zero-order valence-corrected chi connectivity index (χ0v) is 8.74. The summed E-state index contributed by atoms with van der Waals surface area (Å²) in [7, 11) is 0. The summed E-state index contributed by atoms with van der Waals surface area (Å²) in [6.07, 6.45) is -0.495. The maximum absolute atomic E-state index is 12.9. The summed E-state index contributed by atoms with van der Waals surface area (Å²) in [5, 5.41) is 9.16. The molecule has 0 aliphatic carbocycles. The SMILES string of the molecule is CCCC(C)C(=O)N1C[C@H](O)[C@@H](F)C1. The minimum atomic E-state index is -1.27. The highest BCUT2D eigenvalue weighted by molar-refractivity contribution is 5.78. The van der Waals surface area contributed by atoms with Crippen LogP contribution in [0.2, 0.25) is 0 Å². The van der Waals surface area contributed by atoms with Gasteiger partial charge in [0.15, 0.2) is 0 Å². The van der Waals surface area contributed by atoms with Crippen molar-refractivity contribution in [2.24, 2.45) is 5.92 Å². The molecule has 1 amide bonds. The molecule has 14 heavy (non-hydrogen) atoms. The van der Waals surface area contributed by atoms with Gasteiger partial charge in [-0.1, -0.05) is 20.3 Å². The summed E-state index contributed by atoms with van der Waals surface area (Å²) in [6.45, 7) is 4.06. The number of carbonyl (C=O) groups is 1. The molecule has 1 rings (SSSR count). The third-order valence-electron chi connectivity index (χ3n) is 2.67. The second-order valence-electron chi connectivity index (χ2n) is 4.02. The Morgan fingerprint density at radius 3 is 2.71 bits per heavy atom. The van der Waals surface area contributed by atoms with Crippen LogP contribution in [0.25, 0.3) is 0 Å². The number of carbonyl (C=O) groups excluding carboxylic acids is 1. The molecule has 0 aromatic heterocycles. The monoisotopic (exact) mass is 203 g/mol. The van der Waals surface area contributed by atoms with E-state index >= 15 is 0 Å². The summed E-state index contributed by atoms with van der Waals surface area (Å²) in [4.78, 5) is 13.1. The lowest BCUT2D eigenvalue weighted by atomic mass is 10.1. The minimum absolute atomic E-state index is 0.0361. The molecule has 1 heterocycles. The van der Waals surface area contributed by atoms with Crippen LogP contribution in [0.3, 0.4) is 0 Å². The molecule has 1 fully saturated rings. The summed E-state index contributed by atoms with van der Waals surface area (Å²) in [5.74, 6) is -0.0939. The Morgan fingerprint density at radius 2 is 2.29 bits per heavy atom. The van der Waals surface area contributed by atoms with E-state index in [0.717, 1.165) is 12.8 Å². The van der Waals surface area contributed by atoms with E-state index in [1.54, 1.807) is 0 Å². The van der Waals surface area contributed by atoms with E-state index in [9.17, 15) is 9.18 Å². The number of rotatable bonds is 3. The number of halogens is 1. The maximum atomic E-state index is 12.9. The lowest BCUT2D eigenvalue weighted by Crippen LogP contribution is -2.34. The molecule has 1 unspecified atom stereocenters. The quantitative estimate of drug-likeness (QED) is 0.742. The Labute approximate surface area is 83.9 Å². The van der Waals surface area contributed by atoms with Gasteiger partial charge in [0.1, 0.15) is 12.3 Å². The largest absolute Gasteiger partial charge is 0.388 e. The van der Waals surface area contributed by atoms with Crippen LogP contribution in [0.15, 0.2) is 0 Å². The smallest absolute Gasteiger partial charge is 0.225 e. The fourth-order valence-corrected chi connectivity index (χ4v) is 1.80. The van der Waals surface area contributed by atoms with Gasteiger partial charge in [-0.05, 0) is 6.42 Å². The van der Waals surface area contributed by atoms with Crippen LogP contribution >= 0.6 is 0 Å².